The second-order valence-electron chi connectivity index (χ2n) is 4.59. The van der Waals surface area contributed by atoms with Gasteiger partial charge in [0.15, 0.2) is 5.96 Å². The number of nitrogens with one attached hydrogen (secondary N) is 1. The molecule has 1 aromatic carbocycles. The minimum atomic E-state index is -0.277. The summed E-state index contributed by atoms with van der Waals surface area (Å²) in [6.45, 7) is 5.48. The Hall–Kier alpha value is -1.10. The standard InChI is InChI=1S/C13H19BrFN3/c1-9(2)3-4-17-13(16)18-8-10-5-11(14)7-12(15)6-10/h5-7,9H,3-4,8H2,1-2H3,(H3,16,17,18). The summed E-state index contributed by atoms with van der Waals surface area (Å²) in [4.78, 5) is 4.17. The van der Waals surface area contributed by atoms with Crippen LogP contribution in [-0.4, -0.2) is 12.5 Å². The van der Waals surface area contributed by atoms with Gasteiger partial charge < -0.3 is 11.1 Å². The Balaban J connectivity index is 2.46. The van der Waals surface area contributed by atoms with Crippen molar-refractivity contribution in [2.24, 2.45) is 16.6 Å². The Morgan fingerprint density at radius 1 is 1.44 bits per heavy atom. The topological polar surface area (TPSA) is 50.4 Å². The van der Waals surface area contributed by atoms with Gasteiger partial charge in [0, 0.05) is 11.0 Å². The molecule has 0 fully saturated rings. The van der Waals surface area contributed by atoms with E-state index in [9.17, 15) is 4.39 Å². The molecule has 1 aromatic rings. The lowest BCUT2D eigenvalue weighted by molar-refractivity contribution is 0.576. The molecule has 0 unspecified atom stereocenters. The highest BCUT2D eigenvalue weighted by molar-refractivity contribution is 9.10. The first-order valence-electron chi connectivity index (χ1n) is 5.96. The summed E-state index contributed by atoms with van der Waals surface area (Å²) >= 11 is 3.24. The van der Waals surface area contributed by atoms with E-state index in [4.69, 9.17) is 5.73 Å². The first-order valence-corrected chi connectivity index (χ1v) is 6.75. The number of rotatable bonds is 5. The van der Waals surface area contributed by atoms with Crippen molar-refractivity contribution in [1.82, 2.24) is 5.32 Å². The summed E-state index contributed by atoms with van der Waals surface area (Å²) in [6.07, 6.45) is 1.04. The molecule has 0 bridgehead atoms. The summed E-state index contributed by atoms with van der Waals surface area (Å²) in [7, 11) is 0. The number of nitrogens with two attached hydrogens (primary N) is 1. The van der Waals surface area contributed by atoms with Crippen molar-refractivity contribution in [2.45, 2.75) is 26.8 Å². The van der Waals surface area contributed by atoms with Crippen LogP contribution in [0.2, 0.25) is 0 Å². The van der Waals surface area contributed by atoms with Crippen LogP contribution in [0, 0.1) is 11.7 Å². The summed E-state index contributed by atoms with van der Waals surface area (Å²) in [5.41, 5.74) is 6.50. The third-order valence-corrected chi connectivity index (χ3v) is 2.84. The van der Waals surface area contributed by atoms with Crippen LogP contribution in [0.4, 0.5) is 4.39 Å². The Kier molecular flexibility index (Phi) is 6.12. The highest BCUT2D eigenvalue weighted by Gasteiger charge is 1.99. The zero-order valence-electron chi connectivity index (χ0n) is 10.7. The van der Waals surface area contributed by atoms with Gasteiger partial charge in [-0.15, -0.1) is 0 Å². The monoisotopic (exact) mass is 315 g/mol. The number of hydrogen-bond donors (Lipinski definition) is 2. The molecule has 0 heterocycles. The first-order chi connectivity index (χ1) is 8.47. The van der Waals surface area contributed by atoms with Gasteiger partial charge in [-0.25, -0.2) is 9.38 Å². The van der Waals surface area contributed by atoms with Crippen molar-refractivity contribution in [3.05, 3.63) is 34.1 Å². The van der Waals surface area contributed by atoms with Crippen LogP contribution in [0.5, 0.6) is 0 Å². The quantitative estimate of drug-likeness (QED) is 0.648. The lowest BCUT2D eigenvalue weighted by Crippen LogP contribution is -2.32. The Bertz CT molecular complexity index is 398. The van der Waals surface area contributed by atoms with E-state index in [0.717, 1.165) is 18.5 Å². The number of nitrogens with zero attached hydrogens (tertiary/aromatic N) is 1. The molecule has 3 N–H and O–H groups in total. The maximum Gasteiger partial charge on any atom is 0.188 e. The number of aliphatic imine (C=N–C) groups is 1. The van der Waals surface area contributed by atoms with E-state index in [1.807, 2.05) is 6.07 Å². The van der Waals surface area contributed by atoms with Crippen LogP contribution >= 0.6 is 15.9 Å². The molecule has 0 spiro atoms. The Labute approximate surface area is 116 Å². The van der Waals surface area contributed by atoms with E-state index < -0.39 is 0 Å². The average molecular weight is 316 g/mol. The maximum absolute atomic E-state index is 13.1. The van der Waals surface area contributed by atoms with Crippen molar-refractivity contribution in [3.63, 3.8) is 0 Å². The molecule has 100 valence electrons. The molecule has 3 nitrogen and oxygen atoms in total. The van der Waals surface area contributed by atoms with Crippen molar-refractivity contribution in [1.29, 1.82) is 0 Å². The molecule has 0 atom stereocenters. The summed E-state index contributed by atoms with van der Waals surface area (Å²) in [5.74, 6) is 0.751. The van der Waals surface area contributed by atoms with E-state index >= 15 is 0 Å². The molecule has 0 saturated heterocycles. The minimum Gasteiger partial charge on any atom is -0.370 e. The number of benzene rings is 1. The van der Waals surface area contributed by atoms with Gasteiger partial charge in [-0.3, -0.25) is 0 Å². The van der Waals surface area contributed by atoms with Crippen LogP contribution in [0.25, 0.3) is 0 Å². The number of hydrogen-bond acceptors (Lipinski definition) is 1. The molecular formula is C13H19BrFN3. The molecule has 0 aliphatic carbocycles. The van der Waals surface area contributed by atoms with Crippen molar-refractivity contribution >= 4 is 21.9 Å². The molecule has 1 rings (SSSR count). The highest BCUT2D eigenvalue weighted by atomic mass is 79.9. The molecule has 18 heavy (non-hydrogen) atoms. The van der Waals surface area contributed by atoms with Gasteiger partial charge in [-0.1, -0.05) is 29.8 Å². The van der Waals surface area contributed by atoms with E-state index in [0.29, 0.717) is 22.9 Å². The van der Waals surface area contributed by atoms with Crippen LogP contribution in [-0.2, 0) is 6.54 Å². The van der Waals surface area contributed by atoms with Gasteiger partial charge in [0.2, 0.25) is 0 Å². The van der Waals surface area contributed by atoms with E-state index in [2.05, 4.69) is 40.1 Å². The van der Waals surface area contributed by atoms with Gasteiger partial charge in [0.1, 0.15) is 5.82 Å². The van der Waals surface area contributed by atoms with Crippen LogP contribution in [0.1, 0.15) is 25.8 Å². The predicted molar refractivity (Wildman–Crippen MR) is 76.9 cm³/mol. The maximum atomic E-state index is 13.1. The van der Waals surface area contributed by atoms with Crippen LogP contribution < -0.4 is 11.1 Å². The summed E-state index contributed by atoms with van der Waals surface area (Å²) < 4.78 is 13.8. The van der Waals surface area contributed by atoms with E-state index in [1.54, 1.807) is 0 Å². The molecule has 0 amide bonds. The van der Waals surface area contributed by atoms with Gasteiger partial charge in [0.05, 0.1) is 6.54 Å². The van der Waals surface area contributed by atoms with Crippen molar-refractivity contribution in [2.75, 3.05) is 6.54 Å². The second-order valence-corrected chi connectivity index (χ2v) is 5.50. The SMILES string of the molecule is CC(C)CCNC(N)=NCc1cc(F)cc(Br)c1. The van der Waals surface area contributed by atoms with Gasteiger partial charge in [-0.05, 0) is 36.1 Å². The molecule has 0 aliphatic rings. The molecule has 5 heteroatoms. The minimum absolute atomic E-state index is 0.277. The van der Waals surface area contributed by atoms with E-state index in [-0.39, 0.29) is 5.82 Å². The normalized spacial score (nSPS) is 11.9. The molecule has 0 aliphatic heterocycles. The second kappa shape index (κ2) is 7.36. The molecule has 0 saturated carbocycles. The van der Waals surface area contributed by atoms with Crippen molar-refractivity contribution < 1.29 is 4.39 Å². The summed E-state index contributed by atoms with van der Waals surface area (Å²) in [6, 6.07) is 4.70. The fourth-order valence-electron chi connectivity index (χ4n) is 1.42. The molecular weight excluding hydrogens is 297 g/mol. The van der Waals surface area contributed by atoms with Gasteiger partial charge >= 0.3 is 0 Å². The lowest BCUT2D eigenvalue weighted by Gasteiger charge is -2.07. The highest BCUT2D eigenvalue weighted by Crippen LogP contribution is 2.15. The smallest absolute Gasteiger partial charge is 0.188 e. The van der Waals surface area contributed by atoms with Crippen molar-refractivity contribution in [3.8, 4) is 0 Å². The summed E-state index contributed by atoms with van der Waals surface area (Å²) in [5, 5.41) is 3.04. The largest absolute Gasteiger partial charge is 0.370 e. The zero-order chi connectivity index (χ0) is 13.5. The average Bonchev–Trinajstić information content (AvgIpc) is 2.24. The fourth-order valence-corrected chi connectivity index (χ4v) is 1.94. The number of guanidine groups is 1. The third kappa shape index (κ3) is 6.00. The number of halogens is 2. The fraction of sp³-hybridized carbons (Fsp3) is 0.462. The molecule has 0 aromatic heterocycles. The van der Waals surface area contributed by atoms with Gasteiger partial charge in [0.25, 0.3) is 0 Å². The van der Waals surface area contributed by atoms with Crippen LogP contribution in [0.15, 0.2) is 27.7 Å². The Morgan fingerprint density at radius 3 is 2.78 bits per heavy atom. The third-order valence-electron chi connectivity index (χ3n) is 2.38. The Morgan fingerprint density at radius 2 is 2.17 bits per heavy atom. The predicted octanol–water partition coefficient (Wildman–Crippen LogP) is 3.04. The lowest BCUT2D eigenvalue weighted by atomic mass is 10.1. The van der Waals surface area contributed by atoms with E-state index in [1.165, 1.54) is 12.1 Å². The van der Waals surface area contributed by atoms with Gasteiger partial charge in [-0.2, -0.15) is 0 Å². The molecule has 0 radical (unpaired) electrons. The zero-order valence-corrected chi connectivity index (χ0v) is 12.3. The van der Waals surface area contributed by atoms with Crippen LogP contribution in [0.3, 0.4) is 0 Å². The first kappa shape index (κ1) is 15.0.